The number of piperazine rings is 1. The maximum atomic E-state index is 12.8. The molecule has 0 spiro atoms. The van der Waals surface area contributed by atoms with E-state index in [1.165, 1.54) is 12.8 Å². The Labute approximate surface area is 179 Å². The predicted molar refractivity (Wildman–Crippen MR) is 116 cm³/mol. The van der Waals surface area contributed by atoms with Gasteiger partial charge in [0.15, 0.2) is 0 Å². The lowest BCUT2D eigenvalue weighted by Gasteiger charge is -2.34. The van der Waals surface area contributed by atoms with Crippen molar-refractivity contribution in [2.24, 2.45) is 0 Å². The predicted octanol–water partition coefficient (Wildman–Crippen LogP) is 1.74. The highest BCUT2D eigenvalue weighted by atomic mass is 16.2. The fourth-order valence-electron chi connectivity index (χ4n) is 4.52. The Hall–Kier alpha value is -2.37. The van der Waals surface area contributed by atoms with Crippen molar-refractivity contribution >= 4 is 17.6 Å². The van der Waals surface area contributed by atoms with Gasteiger partial charge in [-0.3, -0.25) is 19.4 Å². The number of likely N-dealkylation sites (N-methyl/N-ethyl adjacent to an activating group) is 1. The van der Waals surface area contributed by atoms with E-state index in [0.717, 1.165) is 50.3 Å². The molecular formula is C22H34N6O2. The molecule has 1 N–H and O–H groups in total. The van der Waals surface area contributed by atoms with Gasteiger partial charge in [-0.05, 0) is 32.3 Å². The number of hydrogen-bond acceptors (Lipinski definition) is 5. The van der Waals surface area contributed by atoms with Gasteiger partial charge in [0.2, 0.25) is 11.8 Å². The van der Waals surface area contributed by atoms with E-state index in [9.17, 15) is 14.9 Å². The van der Waals surface area contributed by atoms with E-state index >= 15 is 0 Å². The zero-order valence-corrected chi connectivity index (χ0v) is 18.7. The summed E-state index contributed by atoms with van der Waals surface area (Å²) in [5, 5.41) is 12.8. The summed E-state index contributed by atoms with van der Waals surface area (Å²) in [4.78, 5) is 30.6. The lowest BCUT2D eigenvalue weighted by molar-refractivity contribution is -0.130. The Morgan fingerprint density at radius 3 is 2.17 bits per heavy atom. The standard InChI is InChI=1S/C22H34N6O2/c1-16-17(2)28(18-7-5-6-8-18)22(19(16)13-23)24-20(29)14-26-9-11-27(12-10-26)15-21(30)25(3)4/h18H,5-12,14-15H2,1-4H3,(H,24,29). The van der Waals surface area contributed by atoms with E-state index < -0.39 is 0 Å². The monoisotopic (exact) mass is 414 g/mol. The third kappa shape index (κ3) is 4.85. The molecule has 164 valence electrons. The van der Waals surface area contributed by atoms with Crippen molar-refractivity contribution in [3.63, 3.8) is 0 Å². The van der Waals surface area contributed by atoms with Crippen molar-refractivity contribution in [2.75, 3.05) is 58.7 Å². The Balaban J connectivity index is 1.61. The molecule has 1 saturated carbocycles. The third-order valence-corrected chi connectivity index (χ3v) is 6.51. The summed E-state index contributed by atoms with van der Waals surface area (Å²) in [5.41, 5.74) is 2.62. The van der Waals surface area contributed by atoms with Gasteiger partial charge in [0.25, 0.3) is 0 Å². The van der Waals surface area contributed by atoms with Crippen LogP contribution in [0.4, 0.5) is 5.82 Å². The summed E-state index contributed by atoms with van der Waals surface area (Å²) in [6.45, 7) is 7.77. The van der Waals surface area contributed by atoms with Crippen molar-refractivity contribution in [2.45, 2.75) is 45.6 Å². The SMILES string of the molecule is Cc1c(C#N)c(NC(=O)CN2CCN(CC(=O)N(C)C)CC2)n(C2CCCC2)c1C. The summed E-state index contributed by atoms with van der Waals surface area (Å²) in [5.74, 6) is 0.685. The van der Waals surface area contributed by atoms with E-state index in [0.29, 0.717) is 30.5 Å². The van der Waals surface area contributed by atoms with Crippen LogP contribution in [0.2, 0.25) is 0 Å². The quantitative estimate of drug-likeness (QED) is 0.766. The van der Waals surface area contributed by atoms with Gasteiger partial charge in [0.05, 0.1) is 18.7 Å². The number of rotatable bonds is 6. The number of aromatic nitrogens is 1. The molecule has 2 amide bonds. The molecule has 1 saturated heterocycles. The highest BCUT2D eigenvalue weighted by molar-refractivity contribution is 5.93. The van der Waals surface area contributed by atoms with Gasteiger partial charge in [-0.25, -0.2) is 0 Å². The largest absolute Gasteiger partial charge is 0.348 e. The molecule has 1 aliphatic heterocycles. The zero-order chi connectivity index (χ0) is 21.8. The fraction of sp³-hybridized carbons (Fsp3) is 0.682. The van der Waals surface area contributed by atoms with Gasteiger partial charge >= 0.3 is 0 Å². The number of nitrogens with one attached hydrogen (secondary N) is 1. The van der Waals surface area contributed by atoms with Crippen molar-refractivity contribution < 1.29 is 9.59 Å². The van der Waals surface area contributed by atoms with Gasteiger partial charge in [-0.15, -0.1) is 0 Å². The number of nitrogens with zero attached hydrogens (tertiary/aromatic N) is 5. The second-order valence-corrected chi connectivity index (χ2v) is 8.74. The molecule has 1 aromatic rings. The molecule has 8 nitrogen and oxygen atoms in total. The van der Waals surface area contributed by atoms with Gasteiger partial charge in [0.1, 0.15) is 11.9 Å². The maximum absolute atomic E-state index is 12.8. The Morgan fingerprint density at radius 1 is 1.07 bits per heavy atom. The first-order chi connectivity index (χ1) is 14.3. The first-order valence-electron chi connectivity index (χ1n) is 10.9. The van der Waals surface area contributed by atoms with Crippen LogP contribution >= 0.6 is 0 Å². The van der Waals surface area contributed by atoms with E-state index in [2.05, 4.69) is 25.8 Å². The van der Waals surface area contributed by atoms with Gasteiger partial charge in [-0.2, -0.15) is 5.26 Å². The number of carbonyl (C=O) groups excluding carboxylic acids is 2. The summed E-state index contributed by atoms with van der Waals surface area (Å²) in [6.07, 6.45) is 4.57. The third-order valence-electron chi connectivity index (χ3n) is 6.51. The van der Waals surface area contributed by atoms with Crippen LogP contribution < -0.4 is 5.32 Å². The average molecular weight is 415 g/mol. The van der Waals surface area contributed by atoms with Crippen molar-refractivity contribution in [1.82, 2.24) is 19.3 Å². The van der Waals surface area contributed by atoms with Crippen LogP contribution in [0.1, 0.15) is 48.5 Å². The fourth-order valence-corrected chi connectivity index (χ4v) is 4.52. The molecule has 2 fully saturated rings. The first kappa shape index (κ1) is 22.3. The average Bonchev–Trinajstić information content (AvgIpc) is 3.30. The molecular weight excluding hydrogens is 380 g/mol. The van der Waals surface area contributed by atoms with Crippen LogP contribution in [0.3, 0.4) is 0 Å². The first-order valence-corrected chi connectivity index (χ1v) is 10.9. The second kappa shape index (κ2) is 9.63. The second-order valence-electron chi connectivity index (χ2n) is 8.74. The van der Waals surface area contributed by atoms with Crippen LogP contribution in [0.15, 0.2) is 0 Å². The normalized spacial score (nSPS) is 18.4. The minimum Gasteiger partial charge on any atom is -0.348 e. The molecule has 2 aliphatic rings. The van der Waals surface area contributed by atoms with Crippen LogP contribution in [0.25, 0.3) is 0 Å². The minimum atomic E-state index is -0.0823. The van der Waals surface area contributed by atoms with Crippen LogP contribution in [0, 0.1) is 25.2 Å². The smallest absolute Gasteiger partial charge is 0.239 e. The Bertz CT molecular complexity index is 824. The molecule has 0 bridgehead atoms. The molecule has 8 heteroatoms. The summed E-state index contributed by atoms with van der Waals surface area (Å²) >= 11 is 0. The highest BCUT2D eigenvalue weighted by Crippen LogP contribution is 2.37. The molecule has 30 heavy (non-hydrogen) atoms. The molecule has 1 aliphatic carbocycles. The lowest BCUT2D eigenvalue weighted by Crippen LogP contribution is -2.50. The Kier molecular flexibility index (Phi) is 7.16. The molecule has 2 heterocycles. The number of hydrogen-bond donors (Lipinski definition) is 1. The summed E-state index contributed by atoms with van der Waals surface area (Å²) < 4.78 is 2.18. The van der Waals surface area contributed by atoms with E-state index in [4.69, 9.17) is 0 Å². The highest BCUT2D eigenvalue weighted by Gasteiger charge is 2.27. The van der Waals surface area contributed by atoms with Crippen LogP contribution in [0.5, 0.6) is 0 Å². The lowest BCUT2D eigenvalue weighted by atomic mass is 10.2. The number of carbonyl (C=O) groups is 2. The number of amides is 2. The topological polar surface area (TPSA) is 84.6 Å². The summed E-state index contributed by atoms with van der Waals surface area (Å²) in [7, 11) is 3.53. The van der Waals surface area contributed by atoms with E-state index in [1.54, 1.807) is 19.0 Å². The van der Waals surface area contributed by atoms with E-state index in [1.807, 2.05) is 13.8 Å². The van der Waals surface area contributed by atoms with Crippen molar-refractivity contribution in [3.05, 3.63) is 16.8 Å². The molecule has 0 unspecified atom stereocenters. The van der Waals surface area contributed by atoms with Gasteiger partial charge in [-0.1, -0.05) is 12.8 Å². The van der Waals surface area contributed by atoms with Crippen molar-refractivity contribution in [3.8, 4) is 6.07 Å². The molecule has 0 aromatic carbocycles. The van der Waals surface area contributed by atoms with Crippen LogP contribution in [-0.4, -0.2) is 84.4 Å². The minimum absolute atomic E-state index is 0.0823. The van der Waals surface area contributed by atoms with Crippen molar-refractivity contribution in [1.29, 1.82) is 5.26 Å². The van der Waals surface area contributed by atoms with Gasteiger partial charge < -0.3 is 14.8 Å². The van der Waals surface area contributed by atoms with Gasteiger partial charge in [0, 0.05) is 52.0 Å². The molecule has 3 rings (SSSR count). The van der Waals surface area contributed by atoms with E-state index in [-0.39, 0.29) is 11.8 Å². The molecule has 0 radical (unpaired) electrons. The van der Waals surface area contributed by atoms with Crippen LogP contribution in [-0.2, 0) is 9.59 Å². The Morgan fingerprint density at radius 2 is 1.63 bits per heavy atom. The molecule has 1 aromatic heterocycles. The summed E-state index contributed by atoms with van der Waals surface area (Å²) in [6, 6.07) is 2.66. The maximum Gasteiger partial charge on any atom is 0.239 e. The number of nitriles is 1. The number of anilines is 1. The zero-order valence-electron chi connectivity index (χ0n) is 18.7. The molecule has 0 atom stereocenters.